The zero-order valence-corrected chi connectivity index (χ0v) is 10.1. The molecule has 0 aliphatic heterocycles. The molecule has 1 aromatic rings. The second-order valence-corrected chi connectivity index (χ2v) is 5.79. The maximum atomic E-state index is 10.6. The maximum absolute atomic E-state index is 10.6. The highest BCUT2D eigenvalue weighted by molar-refractivity contribution is 7.85. The van der Waals surface area contributed by atoms with E-state index in [2.05, 4.69) is 10.2 Å². The number of carbonyl (C=O) groups excluding carboxylic acids is 1. The fraction of sp³-hybridized carbons (Fsp3) is 0.571. The third-order valence-corrected chi connectivity index (χ3v) is 2.68. The first kappa shape index (κ1) is 13.0. The number of rotatable bonds is 2. The largest absolute Gasteiger partial charge is 0.363 e. The average molecular weight is 265 g/mol. The fourth-order valence-electron chi connectivity index (χ4n) is 0.829. The summed E-state index contributed by atoms with van der Waals surface area (Å²) in [4.78, 5) is 10.6. The van der Waals surface area contributed by atoms with Gasteiger partial charge in [0.1, 0.15) is 5.01 Å². The minimum Gasteiger partial charge on any atom is -0.363 e. The highest BCUT2D eigenvalue weighted by atomic mass is 32.2. The summed E-state index contributed by atoms with van der Waals surface area (Å²) < 4.78 is 25.9. The molecule has 2 rings (SSSR count). The van der Waals surface area contributed by atoms with Crippen molar-refractivity contribution >= 4 is 27.4 Å². The Morgan fingerprint density at radius 1 is 1.50 bits per heavy atom. The van der Waals surface area contributed by atoms with Crippen LogP contribution in [0.4, 0.5) is 0 Å². The van der Waals surface area contributed by atoms with Crippen molar-refractivity contribution in [2.24, 2.45) is 5.73 Å². The summed E-state index contributed by atoms with van der Waals surface area (Å²) in [5.41, 5.74) is 5.02. The molecule has 0 bridgehead atoms. The van der Waals surface area contributed by atoms with Gasteiger partial charge in [-0.15, -0.1) is 10.2 Å². The summed E-state index contributed by atoms with van der Waals surface area (Å²) in [6.07, 6.45) is 3.06. The molecular formula is C7H11N3O4S2. The first-order valence-corrected chi connectivity index (χ1v) is 6.99. The number of hydrogen-bond donors (Lipinski definition) is 2. The molecule has 1 aromatic heterocycles. The SMILES string of the molecule is CS(=O)(=O)O.NC(=O)c1nnc(C2CC2)s1. The molecule has 7 nitrogen and oxygen atoms in total. The van der Waals surface area contributed by atoms with Crippen LogP contribution in [0.5, 0.6) is 0 Å². The molecule has 0 atom stereocenters. The van der Waals surface area contributed by atoms with E-state index in [-0.39, 0.29) is 0 Å². The van der Waals surface area contributed by atoms with E-state index in [1.54, 1.807) is 0 Å². The van der Waals surface area contributed by atoms with Crippen LogP contribution < -0.4 is 5.73 Å². The lowest BCUT2D eigenvalue weighted by atomic mass is 10.5. The van der Waals surface area contributed by atoms with E-state index >= 15 is 0 Å². The Morgan fingerprint density at radius 3 is 2.31 bits per heavy atom. The summed E-state index contributed by atoms with van der Waals surface area (Å²) in [5.74, 6) is 0.0787. The van der Waals surface area contributed by atoms with E-state index in [1.165, 1.54) is 24.2 Å². The Hall–Kier alpha value is -1.06. The number of carbonyl (C=O) groups is 1. The molecule has 0 radical (unpaired) electrons. The molecular weight excluding hydrogens is 254 g/mol. The van der Waals surface area contributed by atoms with Crippen LogP contribution in [0.25, 0.3) is 0 Å². The molecule has 1 heterocycles. The lowest BCUT2D eigenvalue weighted by molar-refractivity contribution is 0.0999. The summed E-state index contributed by atoms with van der Waals surface area (Å²) in [6, 6.07) is 0. The molecule has 1 aliphatic carbocycles. The molecule has 0 aromatic carbocycles. The highest BCUT2D eigenvalue weighted by Gasteiger charge is 2.28. The standard InChI is InChI=1S/C6H7N3OS.CH4O3S/c7-4(10)6-9-8-5(11-6)3-1-2-3;1-5(2,3)4/h3H,1-2H2,(H2,7,10);1H3,(H,2,3,4). The molecule has 0 unspecified atom stereocenters. The van der Waals surface area contributed by atoms with Gasteiger partial charge in [-0.1, -0.05) is 11.3 Å². The normalized spacial score (nSPS) is 15.1. The van der Waals surface area contributed by atoms with Crippen molar-refractivity contribution < 1.29 is 17.8 Å². The minimum atomic E-state index is -3.67. The number of primary amides is 1. The predicted octanol–water partition coefficient (Wildman–Crippen LogP) is 0.0184. The van der Waals surface area contributed by atoms with E-state index in [9.17, 15) is 13.2 Å². The van der Waals surface area contributed by atoms with Crippen molar-refractivity contribution in [3.63, 3.8) is 0 Å². The third kappa shape index (κ3) is 5.14. The first-order chi connectivity index (χ1) is 7.27. The minimum absolute atomic E-state index is 0.326. The van der Waals surface area contributed by atoms with Crippen LogP contribution >= 0.6 is 11.3 Å². The van der Waals surface area contributed by atoms with Crippen LogP contribution in [0.2, 0.25) is 0 Å². The van der Waals surface area contributed by atoms with Crippen molar-refractivity contribution in [2.75, 3.05) is 6.26 Å². The number of amides is 1. The third-order valence-electron chi connectivity index (χ3n) is 1.58. The van der Waals surface area contributed by atoms with Crippen LogP contribution in [0.1, 0.15) is 33.6 Å². The van der Waals surface area contributed by atoms with Gasteiger partial charge in [-0.2, -0.15) is 8.42 Å². The van der Waals surface area contributed by atoms with Crippen LogP contribution in [-0.4, -0.2) is 35.3 Å². The quantitative estimate of drug-likeness (QED) is 0.726. The number of nitrogens with zero attached hydrogens (tertiary/aromatic N) is 2. The van der Waals surface area contributed by atoms with Gasteiger partial charge in [0, 0.05) is 5.92 Å². The van der Waals surface area contributed by atoms with Crippen LogP contribution in [0.15, 0.2) is 0 Å². The molecule has 0 saturated heterocycles. The number of aromatic nitrogens is 2. The second kappa shape index (κ2) is 4.85. The molecule has 1 fully saturated rings. The molecule has 0 spiro atoms. The monoisotopic (exact) mass is 265 g/mol. The van der Waals surface area contributed by atoms with E-state index < -0.39 is 16.0 Å². The van der Waals surface area contributed by atoms with Crippen LogP contribution in [-0.2, 0) is 10.1 Å². The fourth-order valence-corrected chi connectivity index (χ4v) is 1.69. The van der Waals surface area contributed by atoms with Gasteiger partial charge >= 0.3 is 0 Å². The summed E-state index contributed by atoms with van der Waals surface area (Å²) in [7, 11) is -3.67. The van der Waals surface area contributed by atoms with Gasteiger partial charge in [-0.25, -0.2) is 0 Å². The average Bonchev–Trinajstić information content (AvgIpc) is 2.80. The van der Waals surface area contributed by atoms with E-state index in [1.807, 2.05) is 0 Å². The number of hydrogen-bond acceptors (Lipinski definition) is 6. The Morgan fingerprint density at radius 2 is 2.00 bits per heavy atom. The van der Waals surface area contributed by atoms with Gasteiger partial charge in [0.25, 0.3) is 16.0 Å². The molecule has 90 valence electrons. The molecule has 1 aliphatic rings. The topological polar surface area (TPSA) is 123 Å². The lowest BCUT2D eigenvalue weighted by Gasteiger charge is -1.81. The molecule has 9 heteroatoms. The summed E-state index contributed by atoms with van der Waals surface area (Å²) in [5, 5.41) is 8.82. The van der Waals surface area contributed by atoms with Crippen LogP contribution in [0.3, 0.4) is 0 Å². The Balaban J connectivity index is 0.000000221. The van der Waals surface area contributed by atoms with E-state index in [0.717, 1.165) is 5.01 Å². The zero-order chi connectivity index (χ0) is 12.3. The van der Waals surface area contributed by atoms with Crippen molar-refractivity contribution in [1.82, 2.24) is 10.2 Å². The number of nitrogens with two attached hydrogens (primary N) is 1. The van der Waals surface area contributed by atoms with Gasteiger partial charge in [0.2, 0.25) is 5.01 Å². The van der Waals surface area contributed by atoms with Crippen molar-refractivity contribution in [2.45, 2.75) is 18.8 Å². The van der Waals surface area contributed by atoms with Gasteiger partial charge in [0.05, 0.1) is 6.26 Å². The summed E-state index contributed by atoms with van der Waals surface area (Å²) >= 11 is 1.31. The van der Waals surface area contributed by atoms with Crippen molar-refractivity contribution in [1.29, 1.82) is 0 Å². The Labute approximate surface area is 96.4 Å². The van der Waals surface area contributed by atoms with Gasteiger partial charge in [0.15, 0.2) is 0 Å². The van der Waals surface area contributed by atoms with Gasteiger partial charge in [-0.05, 0) is 12.8 Å². The molecule has 3 N–H and O–H groups in total. The van der Waals surface area contributed by atoms with Crippen LogP contribution in [0, 0.1) is 0 Å². The van der Waals surface area contributed by atoms with Crippen molar-refractivity contribution in [3.8, 4) is 0 Å². The molecule has 1 amide bonds. The lowest BCUT2D eigenvalue weighted by Crippen LogP contribution is -2.10. The Kier molecular flexibility index (Phi) is 3.94. The zero-order valence-electron chi connectivity index (χ0n) is 8.45. The first-order valence-electron chi connectivity index (χ1n) is 4.33. The van der Waals surface area contributed by atoms with E-state index in [0.29, 0.717) is 17.2 Å². The molecule has 1 saturated carbocycles. The van der Waals surface area contributed by atoms with Gasteiger partial charge in [-0.3, -0.25) is 9.35 Å². The maximum Gasteiger partial charge on any atom is 0.279 e. The van der Waals surface area contributed by atoms with Crippen molar-refractivity contribution in [3.05, 3.63) is 10.0 Å². The second-order valence-electron chi connectivity index (χ2n) is 3.32. The smallest absolute Gasteiger partial charge is 0.279 e. The van der Waals surface area contributed by atoms with E-state index in [4.69, 9.17) is 10.3 Å². The molecule has 16 heavy (non-hydrogen) atoms. The highest BCUT2D eigenvalue weighted by Crippen LogP contribution is 2.41. The van der Waals surface area contributed by atoms with Gasteiger partial charge < -0.3 is 5.73 Å². The Bertz CT molecular complexity index is 470. The summed E-state index contributed by atoms with van der Waals surface area (Å²) in [6.45, 7) is 0. The predicted molar refractivity (Wildman–Crippen MR) is 57.9 cm³/mol.